The highest BCUT2D eigenvalue weighted by molar-refractivity contribution is 7.98. The van der Waals surface area contributed by atoms with E-state index in [-0.39, 0.29) is 17.3 Å². The highest BCUT2D eigenvalue weighted by Crippen LogP contribution is 2.28. The molecular weight excluding hydrogens is 571 g/mol. The maximum absolute atomic E-state index is 14.1. The molecule has 0 aliphatic carbocycles. The van der Waals surface area contributed by atoms with Gasteiger partial charge < -0.3 is 15.0 Å². The van der Waals surface area contributed by atoms with Crippen LogP contribution in [0.3, 0.4) is 0 Å². The van der Waals surface area contributed by atoms with E-state index in [9.17, 15) is 18.0 Å². The normalized spacial score (nSPS) is 12.4. The van der Waals surface area contributed by atoms with Crippen molar-refractivity contribution in [1.29, 1.82) is 0 Å². The SMILES string of the molecule is CCOc1ccc(N(CC(=O)N(Cc2cccc(C)c2)C(C)C(=O)NC(C)(C)C)S(=O)(=O)c2ccc(SC)cc2)cc1. The van der Waals surface area contributed by atoms with E-state index < -0.39 is 34.1 Å². The monoisotopic (exact) mass is 611 g/mol. The summed E-state index contributed by atoms with van der Waals surface area (Å²) in [5.74, 6) is -0.249. The van der Waals surface area contributed by atoms with Gasteiger partial charge in [-0.05, 0) is 102 Å². The lowest BCUT2D eigenvalue weighted by atomic mass is 10.1. The van der Waals surface area contributed by atoms with Crippen molar-refractivity contribution in [3.63, 3.8) is 0 Å². The van der Waals surface area contributed by atoms with E-state index in [0.29, 0.717) is 18.0 Å². The van der Waals surface area contributed by atoms with Crippen LogP contribution >= 0.6 is 11.8 Å². The Hall–Kier alpha value is -3.50. The first kappa shape index (κ1) is 33.0. The first-order chi connectivity index (χ1) is 19.7. The van der Waals surface area contributed by atoms with E-state index in [1.54, 1.807) is 43.3 Å². The minimum Gasteiger partial charge on any atom is -0.494 e. The number of hydrogen-bond donors (Lipinski definition) is 1. The molecule has 0 bridgehead atoms. The van der Waals surface area contributed by atoms with Crippen molar-refractivity contribution in [1.82, 2.24) is 10.2 Å². The van der Waals surface area contributed by atoms with Gasteiger partial charge in [-0.25, -0.2) is 8.42 Å². The van der Waals surface area contributed by atoms with Crippen molar-refractivity contribution < 1.29 is 22.7 Å². The Balaban J connectivity index is 2.05. The van der Waals surface area contributed by atoms with Crippen molar-refractivity contribution >= 4 is 39.3 Å². The van der Waals surface area contributed by atoms with Crippen LogP contribution in [0.15, 0.2) is 82.6 Å². The predicted molar refractivity (Wildman–Crippen MR) is 169 cm³/mol. The number of anilines is 1. The zero-order valence-electron chi connectivity index (χ0n) is 25.4. The number of hydrogen-bond acceptors (Lipinski definition) is 6. The number of amides is 2. The molecule has 1 unspecified atom stereocenters. The maximum atomic E-state index is 14.1. The van der Waals surface area contributed by atoms with Gasteiger partial charge >= 0.3 is 0 Å². The zero-order chi connectivity index (χ0) is 31.1. The number of ether oxygens (including phenoxy) is 1. The number of sulfonamides is 1. The molecule has 226 valence electrons. The first-order valence-corrected chi connectivity index (χ1v) is 16.5. The molecule has 0 spiro atoms. The van der Waals surface area contributed by atoms with Gasteiger partial charge in [0.05, 0.1) is 17.2 Å². The van der Waals surface area contributed by atoms with E-state index >= 15 is 0 Å². The Morgan fingerprint density at radius 1 is 1.00 bits per heavy atom. The van der Waals surface area contributed by atoms with Crippen molar-refractivity contribution in [2.45, 2.75) is 69.5 Å². The second-order valence-electron chi connectivity index (χ2n) is 11.0. The number of nitrogens with one attached hydrogen (secondary N) is 1. The predicted octanol–water partition coefficient (Wildman–Crippen LogP) is 5.64. The summed E-state index contributed by atoms with van der Waals surface area (Å²) in [4.78, 5) is 29.7. The van der Waals surface area contributed by atoms with Gasteiger partial charge in [0.15, 0.2) is 0 Å². The molecule has 3 aromatic carbocycles. The van der Waals surface area contributed by atoms with Crippen molar-refractivity contribution in [3.05, 3.63) is 83.9 Å². The van der Waals surface area contributed by atoms with E-state index in [1.807, 2.05) is 65.1 Å². The Kier molecular flexibility index (Phi) is 11.1. The molecular formula is C32H41N3O5S2. The van der Waals surface area contributed by atoms with Crippen LogP contribution in [0.25, 0.3) is 0 Å². The van der Waals surface area contributed by atoms with Crippen LogP contribution in [0.1, 0.15) is 45.7 Å². The summed E-state index contributed by atoms with van der Waals surface area (Å²) in [6, 6.07) is 19.9. The average molecular weight is 612 g/mol. The molecule has 0 saturated heterocycles. The molecule has 0 radical (unpaired) electrons. The summed E-state index contributed by atoms with van der Waals surface area (Å²) in [5, 5.41) is 2.94. The summed E-state index contributed by atoms with van der Waals surface area (Å²) in [7, 11) is -4.15. The summed E-state index contributed by atoms with van der Waals surface area (Å²) < 4.78 is 34.7. The number of carbonyl (C=O) groups excluding carboxylic acids is 2. The maximum Gasteiger partial charge on any atom is 0.264 e. The number of nitrogens with zero attached hydrogens (tertiary/aromatic N) is 2. The molecule has 0 aliphatic heterocycles. The average Bonchev–Trinajstić information content (AvgIpc) is 2.94. The lowest BCUT2D eigenvalue weighted by Gasteiger charge is -2.33. The smallest absolute Gasteiger partial charge is 0.264 e. The third-order valence-electron chi connectivity index (χ3n) is 6.46. The minimum absolute atomic E-state index is 0.0609. The lowest BCUT2D eigenvalue weighted by Crippen LogP contribution is -2.54. The van der Waals surface area contributed by atoms with Crippen LogP contribution in [0.4, 0.5) is 5.69 Å². The second kappa shape index (κ2) is 14.1. The number of thioether (sulfide) groups is 1. The van der Waals surface area contributed by atoms with Gasteiger partial charge in [0.2, 0.25) is 11.8 Å². The molecule has 3 rings (SSSR count). The number of carbonyl (C=O) groups is 2. The largest absolute Gasteiger partial charge is 0.494 e. The van der Waals surface area contributed by atoms with Crippen LogP contribution in [-0.4, -0.2) is 56.1 Å². The molecule has 42 heavy (non-hydrogen) atoms. The molecule has 2 amide bonds. The van der Waals surface area contributed by atoms with Crippen molar-refractivity contribution in [3.8, 4) is 5.75 Å². The van der Waals surface area contributed by atoms with E-state index in [4.69, 9.17) is 4.74 Å². The fourth-order valence-electron chi connectivity index (χ4n) is 4.34. The molecule has 0 heterocycles. The summed E-state index contributed by atoms with van der Waals surface area (Å²) in [6.07, 6.45) is 1.91. The standard InChI is InChI=1S/C32H41N3O5S2/c1-8-40-27-14-12-26(13-15-27)35(42(38,39)29-18-16-28(41-7)17-19-29)22-30(36)34(21-25-11-9-10-23(2)20-25)24(3)31(37)33-32(4,5)6/h9-20,24H,8,21-22H2,1-7H3,(H,33,37). The zero-order valence-corrected chi connectivity index (χ0v) is 27.0. The van der Waals surface area contributed by atoms with Gasteiger partial charge in [-0.2, -0.15) is 0 Å². The molecule has 0 fully saturated rings. The second-order valence-corrected chi connectivity index (χ2v) is 13.8. The molecule has 3 aromatic rings. The van der Waals surface area contributed by atoms with Crippen LogP contribution in [0.5, 0.6) is 5.75 Å². The summed E-state index contributed by atoms with van der Waals surface area (Å²) >= 11 is 1.50. The Labute approximate surface area is 254 Å². The van der Waals surface area contributed by atoms with Gasteiger partial charge in [-0.1, -0.05) is 29.8 Å². The fourth-order valence-corrected chi connectivity index (χ4v) is 6.17. The minimum atomic E-state index is -4.15. The van der Waals surface area contributed by atoms with Crippen LogP contribution in [0.2, 0.25) is 0 Å². The quantitative estimate of drug-likeness (QED) is 0.266. The highest BCUT2D eigenvalue weighted by atomic mass is 32.2. The summed E-state index contributed by atoms with van der Waals surface area (Å²) in [6.45, 7) is 11.2. The van der Waals surface area contributed by atoms with Gasteiger partial charge in [-0.15, -0.1) is 11.8 Å². The van der Waals surface area contributed by atoms with Gasteiger partial charge in [0.25, 0.3) is 10.0 Å². The molecule has 1 N–H and O–H groups in total. The van der Waals surface area contributed by atoms with E-state index in [1.165, 1.54) is 28.8 Å². The molecule has 0 saturated carbocycles. The molecule has 0 aromatic heterocycles. The lowest BCUT2D eigenvalue weighted by molar-refractivity contribution is -0.140. The van der Waals surface area contributed by atoms with Crippen LogP contribution in [0, 0.1) is 6.92 Å². The highest BCUT2D eigenvalue weighted by Gasteiger charge is 2.33. The van der Waals surface area contributed by atoms with E-state index in [2.05, 4.69) is 5.32 Å². The third kappa shape index (κ3) is 8.75. The van der Waals surface area contributed by atoms with Gasteiger partial charge in [0, 0.05) is 17.0 Å². The van der Waals surface area contributed by atoms with Crippen LogP contribution < -0.4 is 14.4 Å². The third-order valence-corrected chi connectivity index (χ3v) is 8.99. The number of rotatable bonds is 12. The molecule has 8 nitrogen and oxygen atoms in total. The van der Waals surface area contributed by atoms with Gasteiger partial charge in [-0.3, -0.25) is 13.9 Å². The molecule has 0 aliphatic rings. The fraction of sp³-hybridized carbons (Fsp3) is 0.375. The van der Waals surface area contributed by atoms with Crippen molar-refractivity contribution in [2.24, 2.45) is 0 Å². The Morgan fingerprint density at radius 2 is 1.64 bits per heavy atom. The topological polar surface area (TPSA) is 96.0 Å². The Morgan fingerprint density at radius 3 is 2.19 bits per heavy atom. The Bertz CT molecular complexity index is 1470. The molecule has 1 atom stereocenters. The van der Waals surface area contributed by atoms with Crippen LogP contribution in [-0.2, 0) is 26.2 Å². The first-order valence-electron chi connectivity index (χ1n) is 13.8. The van der Waals surface area contributed by atoms with Crippen molar-refractivity contribution in [2.75, 3.05) is 23.7 Å². The number of aryl methyl sites for hydroxylation is 1. The number of benzene rings is 3. The van der Waals surface area contributed by atoms with E-state index in [0.717, 1.165) is 20.3 Å². The summed E-state index contributed by atoms with van der Waals surface area (Å²) in [5.41, 5.74) is 1.65. The molecule has 10 heteroatoms. The van der Waals surface area contributed by atoms with Gasteiger partial charge in [0.1, 0.15) is 18.3 Å².